The van der Waals surface area contributed by atoms with Crippen LogP contribution in [-0.2, 0) is 0 Å². The number of aryl methyl sites for hydroxylation is 1. The van der Waals surface area contributed by atoms with Gasteiger partial charge in [-0.2, -0.15) is 0 Å². The first-order chi connectivity index (χ1) is 7.68. The Balaban J connectivity index is 2.44. The van der Waals surface area contributed by atoms with Crippen molar-refractivity contribution in [3.63, 3.8) is 0 Å². The molecule has 0 bridgehead atoms. The maximum absolute atomic E-state index is 12.2. The number of aromatic nitrogens is 1. The van der Waals surface area contributed by atoms with Crippen LogP contribution in [0, 0.1) is 6.92 Å². The van der Waals surface area contributed by atoms with E-state index in [4.69, 9.17) is 0 Å². The summed E-state index contributed by atoms with van der Waals surface area (Å²) in [7, 11) is 0. The molecule has 3 rings (SSSR count). The number of benzene rings is 1. The molecule has 82 valence electrons. The number of hydrogen-bond donors (Lipinski definition) is 1. The van der Waals surface area contributed by atoms with Gasteiger partial charge in [0.1, 0.15) is 5.75 Å². The van der Waals surface area contributed by atoms with Crippen molar-refractivity contribution >= 4 is 10.8 Å². The number of aromatic hydroxyl groups is 1. The van der Waals surface area contributed by atoms with Gasteiger partial charge in [0.05, 0.1) is 5.39 Å². The smallest absolute Gasteiger partial charge is 0.258 e. The van der Waals surface area contributed by atoms with Crippen LogP contribution in [0.1, 0.15) is 24.4 Å². The predicted octanol–water partition coefficient (Wildman–Crippen LogP) is 2.35. The van der Waals surface area contributed by atoms with Crippen LogP contribution in [0.4, 0.5) is 0 Å². The van der Waals surface area contributed by atoms with Gasteiger partial charge in [-0.3, -0.25) is 4.79 Å². The minimum Gasteiger partial charge on any atom is -0.507 e. The standard InChI is InChI=1S/C13H13NO2/c1-8-7-14(9-5-6-9)13(16)10-3-2-4-11(15)12(8)10/h2-4,7,9,15H,5-6H2,1H3. The van der Waals surface area contributed by atoms with Gasteiger partial charge in [-0.15, -0.1) is 0 Å². The van der Waals surface area contributed by atoms with E-state index in [1.165, 1.54) is 0 Å². The molecule has 1 aliphatic carbocycles. The van der Waals surface area contributed by atoms with Crippen LogP contribution < -0.4 is 5.56 Å². The van der Waals surface area contributed by atoms with Gasteiger partial charge in [0.25, 0.3) is 5.56 Å². The molecule has 3 nitrogen and oxygen atoms in total. The van der Waals surface area contributed by atoms with Crippen LogP contribution >= 0.6 is 0 Å². The molecule has 1 heterocycles. The lowest BCUT2D eigenvalue weighted by molar-refractivity contribution is 0.481. The number of nitrogens with zero attached hydrogens (tertiary/aromatic N) is 1. The topological polar surface area (TPSA) is 42.2 Å². The van der Waals surface area contributed by atoms with Gasteiger partial charge in [-0.05, 0) is 37.5 Å². The van der Waals surface area contributed by atoms with Crippen molar-refractivity contribution in [1.29, 1.82) is 0 Å². The van der Waals surface area contributed by atoms with Crippen LogP contribution in [0.2, 0.25) is 0 Å². The fourth-order valence-corrected chi connectivity index (χ4v) is 2.23. The molecule has 0 spiro atoms. The Kier molecular flexibility index (Phi) is 1.84. The Hall–Kier alpha value is -1.77. The summed E-state index contributed by atoms with van der Waals surface area (Å²) >= 11 is 0. The Labute approximate surface area is 93.0 Å². The molecule has 0 unspecified atom stereocenters. The summed E-state index contributed by atoms with van der Waals surface area (Å²) in [5.74, 6) is 0.190. The molecule has 0 radical (unpaired) electrons. The number of fused-ring (bicyclic) bond motifs is 1. The third kappa shape index (κ3) is 1.24. The summed E-state index contributed by atoms with van der Waals surface area (Å²) in [4.78, 5) is 12.2. The maximum atomic E-state index is 12.2. The summed E-state index contributed by atoms with van der Waals surface area (Å²) in [5.41, 5.74) is 0.971. The number of rotatable bonds is 1. The highest BCUT2D eigenvalue weighted by atomic mass is 16.3. The zero-order valence-electron chi connectivity index (χ0n) is 9.10. The van der Waals surface area contributed by atoms with Crippen LogP contribution in [0.15, 0.2) is 29.2 Å². The third-order valence-corrected chi connectivity index (χ3v) is 3.17. The van der Waals surface area contributed by atoms with Crippen molar-refractivity contribution in [2.24, 2.45) is 0 Å². The Morgan fingerprint density at radius 1 is 1.38 bits per heavy atom. The molecule has 2 aromatic rings. The second kappa shape index (κ2) is 3.11. The summed E-state index contributed by atoms with van der Waals surface area (Å²) in [5, 5.41) is 11.1. The van der Waals surface area contributed by atoms with Gasteiger partial charge < -0.3 is 9.67 Å². The first-order valence-electron chi connectivity index (χ1n) is 5.52. The van der Waals surface area contributed by atoms with E-state index < -0.39 is 0 Å². The monoisotopic (exact) mass is 215 g/mol. The molecule has 0 amide bonds. The zero-order valence-corrected chi connectivity index (χ0v) is 9.10. The van der Waals surface area contributed by atoms with Gasteiger partial charge >= 0.3 is 0 Å². The minimum atomic E-state index is 0.0130. The number of pyridine rings is 1. The predicted molar refractivity (Wildman–Crippen MR) is 62.9 cm³/mol. The Morgan fingerprint density at radius 3 is 2.81 bits per heavy atom. The van der Waals surface area contributed by atoms with Crippen LogP contribution in [0.3, 0.4) is 0 Å². The van der Waals surface area contributed by atoms with E-state index in [1.54, 1.807) is 22.8 Å². The lowest BCUT2D eigenvalue weighted by Gasteiger charge is -2.09. The van der Waals surface area contributed by atoms with Gasteiger partial charge in [-0.1, -0.05) is 6.07 Å². The fraction of sp³-hybridized carbons (Fsp3) is 0.308. The molecule has 0 aliphatic heterocycles. The molecular weight excluding hydrogens is 202 g/mol. The molecule has 0 saturated heterocycles. The third-order valence-electron chi connectivity index (χ3n) is 3.17. The van der Waals surface area contributed by atoms with Gasteiger partial charge in [0.15, 0.2) is 0 Å². The normalized spacial score (nSPS) is 15.6. The molecule has 1 aromatic carbocycles. The van der Waals surface area contributed by atoms with E-state index in [9.17, 15) is 9.90 Å². The highest BCUT2D eigenvalue weighted by molar-refractivity contribution is 5.90. The maximum Gasteiger partial charge on any atom is 0.258 e. The van der Waals surface area contributed by atoms with Crippen molar-refractivity contribution in [2.75, 3.05) is 0 Å². The molecular formula is C13H13NO2. The van der Waals surface area contributed by atoms with E-state index in [-0.39, 0.29) is 11.3 Å². The lowest BCUT2D eigenvalue weighted by Crippen LogP contribution is -2.19. The van der Waals surface area contributed by atoms with Crippen molar-refractivity contribution in [1.82, 2.24) is 4.57 Å². The Bertz CT molecular complexity index is 624. The van der Waals surface area contributed by atoms with Crippen molar-refractivity contribution < 1.29 is 5.11 Å². The first kappa shape index (κ1) is 9.46. The van der Waals surface area contributed by atoms with E-state index in [1.807, 2.05) is 13.1 Å². The molecule has 1 aliphatic rings. The highest BCUT2D eigenvalue weighted by Gasteiger charge is 2.25. The second-order valence-corrected chi connectivity index (χ2v) is 4.46. The first-order valence-corrected chi connectivity index (χ1v) is 5.52. The largest absolute Gasteiger partial charge is 0.507 e. The van der Waals surface area contributed by atoms with Crippen molar-refractivity contribution in [3.8, 4) is 5.75 Å². The highest BCUT2D eigenvalue weighted by Crippen LogP contribution is 2.35. The average molecular weight is 215 g/mol. The molecule has 0 atom stereocenters. The molecule has 1 fully saturated rings. The van der Waals surface area contributed by atoms with Gasteiger partial charge in [0.2, 0.25) is 0 Å². The quantitative estimate of drug-likeness (QED) is 0.793. The summed E-state index contributed by atoms with van der Waals surface area (Å²) in [6.45, 7) is 1.93. The SMILES string of the molecule is Cc1cn(C2CC2)c(=O)c2cccc(O)c12. The van der Waals surface area contributed by atoms with E-state index in [0.29, 0.717) is 16.8 Å². The van der Waals surface area contributed by atoms with E-state index >= 15 is 0 Å². The van der Waals surface area contributed by atoms with Crippen molar-refractivity contribution in [2.45, 2.75) is 25.8 Å². The summed E-state index contributed by atoms with van der Waals surface area (Å²) in [6.07, 6.45) is 4.04. The summed E-state index contributed by atoms with van der Waals surface area (Å²) < 4.78 is 1.80. The van der Waals surface area contributed by atoms with Crippen LogP contribution in [0.5, 0.6) is 5.75 Å². The van der Waals surface area contributed by atoms with Gasteiger partial charge in [-0.25, -0.2) is 0 Å². The molecule has 1 aromatic heterocycles. The minimum absolute atomic E-state index is 0.0130. The van der Waals surface area contributed by atoms with E-state index in [2.05, 4.69) is 0 Å². The number of hydrogen-bond acceptors (Lipinski definition) is 2. The zero-order chi connectivity index (χ0) is 11.3. The fourth-order valence-electron chi connectivity index (χ4n) is 2.23. The van der Waals surface area contributed by atoms with E-state index in [0.717, 1.165) is 18.4 Å². The molecule has 1 N–H and O–H groups in total. The van der Waals surface area contributed by atoms with Gasteiger partial charge in [0, 0.05) is 17.6 Å². The average Bonchev–Trinajstić information content (AvgIpc) is 3.07. The Morgan fingerprint density at radius 2 is 2.12 bits per heavy atom. The molecule has 1 saturated carbocycles. The second-order valence-electron chi connectivity index (χ2n) is 4.46. The summed E-state index contributed by atoms with van der Waals surface area (Å²) in [6, 6.07) is 5.49. The van der Waals surface area contributed by atoms with Crippen molar-refractivity contribution in [3.05, 3.63) is 40.3 Å². The number of phenolic OH excluding ortho intramolecular Hbond substituents is 1. The van der Waals surface area contributed by atoms with Crippen LogP contribution in [0.25, 0.3) is 10.8 Å². The molecule has 16 heavy (non-hydrogen) atoms. The molecule has 3 heteroatoms. The number of phenols is 1. The lowest BCUT2D eigenvalue weighted by atomic mass is 10.1. The van der Waals surface area contributed by atoms with Crippen LogP contribution in [-0.4, -0.2) is 9.67 Å².